The maximum absolute atomic E-state index is 10.2. The summed E-state index contributed by atoms with van der Waals surface area (Å²) < 4.78 is 14.1. The Morgan fingerprint density at radius 2 is 2.00 bits per heavy atom. The molecule has 2 atom stereocenters. The van der Waals surface area contributed by atoms with Gasteiger partial charge in [0.1, 0.15) is 11.7 Å². The SMILES string of the molecule is [13CH3][13C@](O)([13CH2]O)[13C@@H](O)[13CH2]OP(=O)(O)O. The Hall–Kier alpha value is -0.0100. The number of aliphatic hydroxyl groups excluding tert-OH is 2. The fraction of sp³-hybridized carbons (Fsp3) is 1.00. The average molecular weight is 221 g/mol. The van der Waals surface area contributed by atoms with E-state index in [1.54, 1.807) is 0 Å². The molecule has 0 heterocycles. The van der Waals surface area contributed by atoms with Gasteiger partial charge in [0, 0.05) is 0 Å². The Morgan fingerprint density at radius 3 is 2.31 bits per heavy atom. The van der Waals surface area contributed by atoms with Crippen molar-refractivity contribution in [1.82, 2.24) is 0 Å². The lowest BCUT2D eigenvalue weighted by molar-refractivity contribution is -0.107. The summed E-state index contributed by atoms with van der Waals surface area (Å²) in [6.45, 7) is -0.378. The van der Waals surface area contributed by atoms with Crippen LogP contribution in [0.3, 0.4) is 0 Å². The molecule has 7 nitrogen and oxygen atoms in total. The zero-order valence-electron chi connectivity index (χ0n) is 6.99. The topological polar surface area (TPSA) is 127 Å². The molecule has 0 saturated heterocycles. The van der Waals surface area contributed by atoms with Gasteiger partial charge in [-0.2, -0.15) is 0 Å². The average Bonchev–Trinajstić information content (AvgIpc) is 1.98. The largest absolute Gasteiger partial charge is 0.469 e. The molecule has 0 aliphatic carbocycles. The van der Waals surface area contributed by atoms with E-state index < -0.39 is 32.7 Å². The summed E-state index contributed by atoms with van der Waals surface area (Å²) in [5.74, 6) is 0. The van der Waals surface area contributed by atoms with E-state index in [0.717, 1.165) is 6.92 Å². The van der Waals surface area contributed by atoms with Gasteiger partial charge in [-0.3, -0.25) is 4.52 Å². The monoisotopic (exact) mass is 221 g/mol. The van der Waals surface area contributed by atoms with Crippen molar-refractivity contribution in [3.63, 3.8) is 0 Å². The van der Waals surface area contributed by atoms with E-state index in [1.165, 1.54) is 0 Å². The van der Waals surface area contributed by atoms with Crippen molar-refractivity contribution in [2.24, 2.45) is 0 Å². The Balaban J connectivity index is 4.02. The molecule has 13 heavy (non-hydrogen) atoms. The molecule has 0 spiro atoms. The highest BCUT2D eigenvalue weighted by atomic mass is 31.2. The van der Waals surface area contributed by atoms with Crippen LogP contribution in [0.2, 0.25) is 0 Å². The fourth-order valence-electron chi connectivity index (χ4n) is 0.453. The summed E-state index contributed by atoms with van der Waals surface area (Å²) in [5.41, 5.74) is -1.84. The minimum atomic E-state index is -4.65. The lowest BCUT2D eigenvalue weighted by Crippen LogP contribution is -2.45. The normalized spacial score (nSPS) is 19.5. The van der Waals surface area contributed by atoms with Crippen molar-refractivity contribution in [2.75, 3.05) is 13.2 Å². The van der Waals surface area contributed by atoms with Crippen LogP contribution in [0.15, 0.2) is 0 Å². The van der Waals surface area contributed by atoms with Crippen LogP contribution in [0.5, 0.6) is 0 Å². The van der Waals surface area contributed by atoms with E-state index in [0.29, 0.717) is 0 Å². The summed E-state index contributed by atoms with van der Waals surface area (Å²) in [4.78, 5) is 16.5. The summed E-state index contributed by atoms with van der Waals surface area (Å²) >= 11 is 0. The first kappa shape index (κ1) is 13.0. The molecule has 0 aromatic carbocycles. The minimum absolute atomic E-state index is 0.737. The number of hydrogen-bond acceptors (Lipinski definition) is 5. The summed E-state index contributed by atoms with van der Waals surface area (Å²) in [6, 6.07) is 0. The van der Waals surface area contributed by atoms with Gasteiger partial charge in [0.05, 0.1) is 13.2 Å². The van der Waals surface area contributed by atoms with Crippen LogP contribution in [0.25, 0.3) is 0 Å². The van der Waals surface area contributed by atoms with E-state index >= 15 is 0 Å². The van der Waals surface area contributed by atoms with Crippen LogP contribution in [0, 0.1) is 0 Å². The molecule has 0 aromatic rings. The van der Waals surface area contributed by atoms with Gasteiger partial charge in [-0.1, -0.05) is 0 Å². The predicted molar refractivity (Wildman–Crippen MR) is 41.7 cm³/mol. The molecular formula is C5H13O7P. The first-order chi connectivity index (χ1) is 5.69. The van der Waals surface area contributed by atoms with E-state index in [1.807, 2.05) is 0 Å². The van der Waals surface area contributed by atoms with Gasteiger partial charge in [0.2, 0.25) is 0 Å². The maximum atomic E-state index is 10.2. The van der Waals surface area contributed by atoms with Crippen LogP contribution >= 0.6 is 7.82 Å². The number of hydrogen-bond donors (Lipinski definition) is 5. The molecule has 5 N–H and O–H groups in total. The smallest absolute Gasteiger partial charge is 0.393 e. The quantitative estimate of drug-likeness (QED) is 0.273. The second-order valence-corrected chi connectivity index (χ2v) is 4.06. The lowest BCUT2D eigenvalue weighted by atomic mass is 11.0. The van der Waals surface area contributed by atoms with Crippen LogP contribution < -0.4 is 0 Å². The number of aliphatic hydroxyl groups is 3. The van der Waals surface area contributed by atoms with E-state index in [-0.39, 0.29) is 0 Å². The molecule has 0 bridgehead atoms. The van der Waals surface area contributed by atoms with Crippen molar-refractivity contribution in [1.29, 1.82) is 0 Å². The van der Waals surface area contributed by atoms with E-state index in [4.69, 9.17) is 25.1 Å². The summed E-state index contributed by atoms with van der Waals surface area (Å²) in [6.07, 6.45) is -1.56. The van der Waals surface area contributed by atoms with Crippen LogP contribution in [-0.2, 0) is 9.09 Å². The third kappa shape index (κ3) is 5.33. The van der Waals surface area contributed by atoms with Crippen LogP contribution in [-0.4, -0.2) is 50.0 Å². The van der Waals surface area contributed by atoms with Gasteiger partial charge in [0.25, 0.3) is 0 Å². The predicted octanol–water partition coefficient (Wildman–Crippen LogP) is -1.80. The third-order valence-corrected chi connectivity index (χ3v) is 1.92. The Labute approximate surface area is 74.8 Å². The molecule has 0 unspecified atom stereocenters. The summed E-state index contributed by atoms with van der Waals surface area (Å²) in [5, 5.41) is 26.8. The fourth-order valence-corrected chi connectivity index (χ4v) is 0.788. The number of phosphoric acid groups is 1. The van der Waals surface area contributed by atoms with Crippen molar-refractivity contribution in [3.8, 4) is 0 Å². The zero-order valence-corrected chi connectivity index (χ0v) is 7.89. The van der Waals surface area contributed by atoms with Gasteiger partial charge in [0.15, 0.2) is 0 Å². The highest BCUT2D eigenvalue weighted by Crippen LogP contribution is 2.36. The van der Waals surface area contributed by atoms with Gasteiger partial charge in [-0.25, -0.2) is 4.57 Å². The first-order valence-corrected chi connectivity index (χ1v) is 4.93. The molecule has 0 rings (SSSR count). The number of phosphoric ester groups is 1. The lowest BCUT2D eigenvalue weighted by Gasteiger charge is -2.26. The molecule has 80 valence electrons. The maximum Gasteiger partial charge on any atom is 0.469 e. The molecule has 0 radical (unpaired) electrons. The molecule has 0 aliphatic heterocycles. The van der Waals surface area contributed by atoms with Crippen molar-refractivity contribution < 1.29 is 34.2 Å². The molecule has 0 aromatic heterocycles. The Morgan fingerprint density at radius 1 is 1.54 bits per heavy atom. The highest BCUT2D eigenvalue weighted by Gasteiger charge is 2.31. The molecule has 0 saturated carbocycles. The zero-order chi connectivity index (χ0) is 10.7. The molecule has 0 aliphatic rings. The minimum Gasteiger partial charge on any atom is -0.393 e. The highest BCUT2D eigenvalue weighted by molar-refractivity contribution is 7.46. The summed E-state index contributed by atoms with van der Waals surface area (Å²) in [7, 11) is -4.65. The van der Waals surface area contributed by atoms with Crippen molar-refractivity contribution in [2.45, 2.75) is 18.6 Å². The van der Waals surface area contributed by atoms with Gasteiger partial charge < -0.3 is 25.1 Å². The first-order valence-electron chi connectivity index (χ1n) is 3.40. The van der Waals surface area contributed by atoms with Gasteiger partial charge in [-0.05, 0) is 6.92 Å². The van der Waals surface area contributed by atoms with Crippen molar-refractivity contribution in [3.05, 3.63) is 0 Å². The second kappa shape index (κ2) is 4.47. The third-order valence-electron chi connectivity index (χ3n) is 1.44. The molecule has 0 amide bonds. The number of rotatable bonds is 5. The standard InChI is InChI=1S/C5H13O7P/c1-5(8,3-6)4(7)2-12-13(9,10)11/h4,6-8H,2-3H2,1H3,(H2,9,10,11)/t4-,5-/m0/s1/i1+1,2+1,3+1,4+1,5+1. The molecule has 0 fully saturated rings. The molecular weight excluding hydrogens is 208 g/mol. The van der Waals surface area contributed by atoms with Crippen molar-refractivity contribution >= 4 is 7.82 Å². The second-order valence-electron chi connectivity index (χ2n) is 2.82. The van der Waals surface area contributed by atoms with Crippen LogP contribution in [0.4, 0.5) is 0 Å². The van der Waals surface area contributed by atoms with E-state index in [9.17, 15) is 4.57 Å². The van der Waals surface area contributed by atoms with Crippen LogP contribution in [0.1, 0.15) is 6.92 Å². The Bertz CT molecular complexity index is 197. The Kier molecular flexibility index (Phi) is 4.47. The van der Waals surface area contributed by atoms with E-state index in [2.05, 4.69) is 4.52 Å². The molecule has 8 heteroatoms. The van der Waals surface area contributed by atoms with Gasteiger partial charge in [-0.15, -0.1) is 0 Å². The van der Waals surface area contributed by atoms with Gasteiger partial charge >= 0.3 is 7.82 Å².